The molecule has 0 fully saturated rings. The number of hydrogen-bond donors (Lipinski definition) is 0. The van der Waals surface area contributed by atoms with E-state index in [1.54, 1.807) is 0 Å². The van der Waals surface area contributed by atoms with Crippen LogP contribution in [-0.2, 0) is 10.8 Å². The fourth-order valence-electron chi connectivity index (χ4n) is 13.8. The van der Waals surface area contributed by atoms with Crippen LogP contribution in [0.25, 0.3) is 99.1 Å². The van der Waals surface area contributed by atoms with Gasteiger partial charge < -0.3 is 9.32 Å². The van der Waals surface area contributed by atoms with E-state index in [4.69, 9.17) is 4.42 Å². The van der Waals surface area contributed by atoms with E-state index in [9.17, 15) is 0 Å². The van der Waals surface area contributed by atoms with Crippen LogP contribution in [0, 0.1) is 0 Å². The van der Waals surface area contributed by atoms with Crippen molar-refractivity contribution >= 4 is 60.5 Å². The van der Waals surface area contributed by atoms with Crippen LogP contribution in [0.15, 0.2) is 253 Å². The van der Waals surface area contributed by atoms with E-state index in [0.717, 1.165) is 60.9 Å². The van der Waals surface area contributed by atoms with Crippen LogP contribution >= 0.6 is 0 Å². The van der Waals surface area contributed by atoms with E-state index < -0.39 is 5.41 Å². The van der Waals surface area contributed by atoms with Crippen molar-refractivity contribution in [1.29, 1.82) is 0 Å². The minimum absolute atomic E-state index is 0.225. The van der Waals surface area contributed by atoms with Crippen LogP contribution in [0.4, 0.5) is 17.1 Å². The van der Waals surface area contributed by atoms with Gasteiger partial charge in [-0.25, -0.2) is 0 Å². The van der Waals surface area contributed by atoms with Crippen molar-refractivity contribution in [3.63, 3.8) is 0 Å². The highest BCUT2D eigenvalue weighted by Gasteiger charge is 2.52. The number of furan rings is 1. The van der Waals surface area contributed by atoms with Gasteiger partial charge in [-0.15, -0.1) is 0 Å². The SMILES string of the molecule is CC1(C)c2ccccc2-c2ccc(N(c3ccc4c(c3)C3(c5ccccc5-c5ccccc53)c3ccccc3-4)c3c(-c4cccc(-c5cccc6ccccc56)c4)ccc4oc5c6ccccc6ccc5c34)cc21. The first-order valence-corrected chi connectivity index (χ1v) is 25.9. The zero-order valence-corrected chi connectivity index (χ0v) is 41.0. The van der Waals surface area contributed by atoms with Gasteiger partial charge in [0.1, 0.15) is 11.2 Å². The summed E-state index contributed by atoms with van der Waals surface area (Å²) in [7, 11) is 0. The lowest BCUT2D eigenvalue weighted by molar-refractivity contribution is 0.660. The second-order valence-corrected chi connectivity index (χ2v) is 21.1. The molecule has 346 valence electrons. The molecule has 0 saturated carbocycles. The summed E-state index contributed by atoms with van der Waals surface area (Å²) in [6.45, 7) is 4.77. The topological polar surface area (TPSA) is 16.4 Å². The van der Waals surface area contributed by atoms with E-state index in [0.29, 0.717) is 0 Å². The highest BCUT2D eigenvalue weighted by molar-refractivity contribution is 6.22. The van der Waals surface area contributed by atoms with Gasteiger partial charge in [-0.2, -0.15) is 0 Å². The Hall–Kier alpha value is -9.24. The first-order valence-electron chi connectivity index (χ1n) is 25.9. The Morgan fingerprint density at radius 2 is 0.797 bits per heavy atom. The van der Waals surface area contributed by atoms with Crippen LogP contribution in [0.3, 0.4) is 0 Å². The Kier molecular flexibility index (Phi) is 8.47. The lowest BCUT2D eigenvalue weighted by Gasteiger charge is -2.33. The van der Waals surface area contributed by atoms with Gasteiger partial charge in [-0.1, -0.05) is 214 Å². The van der Waals surface area contributed by atoms with E-state index in [1.165, 1.54) is 88.7 Å². The van der Waals surface area contributed by atoms with Gasteiger partial charge >= 0.3 is 0 Å². The predicted molar refractivity (Wildman–Crippen MR) is 308 cm³/mol. The monoisotopic (exact) mass is 941 g/mol. The average Bonchev–Trinajstić information content (AvgIpc) is 4.21. The summed E-state index contributed by atoms with van der Waals surface area (Å²) in [4.78, 5) is 2.58. The second kappa shape index (κ2) is 15.1. The van der Waals surface area contributed by atoms with Gasteiger partial charge in [0.2, 0.25) is 0 Å². The number of benzene rings is 12. The molecule has 3 aliphatic rings. The molecular weight excluding hydrogens is 895 g/mol. The summed E-state index contributed by atoms with van der Waals surface area (Å²) >= 11 is 0. The Balaban J connectivity index is 1.03. The first kappa shape index (κ1) is 41.4. The Morgan fingerprint density at radius 3 is 1.47 bits per heavy atom. The quantitative estimate of drug-likeness (QED) is 0.171. The van der Waals surface area contributed by atoms with Crippen LogP contribution in [0.1, 0.15) is 47.2 Å². The Labute approximate surface area is 430 Å². The van der Waals surface area contributed by atoms with Crippen molar-refractivity contribution in [1.82, 2.24) is 0 Å². The van der Waals surface area contributed by atoms with Crippen molar-refractivity contribution in [2.75, 3.05) is 4.90 Å². The molecule has 0 saturated heterocycles. The van der Waals surface area contributed by atoms with Crippen molar-refractivity contribution < 1.29 is 4.42 Å². The molecule has 12 aromatic carbocycles. The molecule has 3 aliphatic carbocycles. The van der Waals surface area contributed by atoms with E-state index in [-0.39, 0.29) is 5.41 Å². The first-order chi connectivity index (χ1) is 36.5. The number of anilines is 3. The lowest BCUT2D eigenvalue weighted by atomic mass is 9.70. The Morgan fingerprint density at radius 1 is 0.324 bits per heavy atom. The van der Waals surface area contributed by atoms with E-state index in [2.05, 4.69) is 267 Å². The molecule has 1 heterocycles. The van der Waals surface area contributed by atoms with Gasteiger partial charge in [0.05, 0.1) is 16.5 Å². The average molecular weight is 942 g/mol. The number of fused-ring (bicyclic) bond motifs is 19. The van der Waals surface area contributed by atoms with Crippen molar-refractivity contribution in [3.8, 4) is 55.6 Å². The van der Waals surface area contributed by atoms with Gasteiger partial charge in [0.15, 0.2) is 0 Å². The summed E-state index contributed by atoms with van der Waals surface area (Å²) in [5, 5.41) is 6.89. The number of nitrogens with zero attached hydrogens (tertiary/aromatic N) is 1. The molecule has 16 rings (SSSR count). The zero-order chi connectivity index (χ0) is 48.9. The largest absolute Gasteiger partial charge is 0.455 e. The molecule has 0 aliphatic heterocycles. The third kappa shape index (κ3) is 5.49. The van der Waals surface area contributed by atoms with Crippen LogP contribution < -0.4 is 4.90 Å². The predicted octanol–water partition coefficient (Wildman–Crippen LogP) is 19.3. The smallest absolute Gasteiger partial charge is 0.143 e. The molecule has 1 aromatic heterocycles. The third-order valence-electron chi connectivity index (χ3n) is 17.1. The molecule has 0 bridgehead atoms. The van der Waals surface area contributed by atoms with Crippen LogP contribution in [-0.4, -0.2) is 0 Å². The maximum absolute atomic E-state index is 7.15. The Bertz CT molecular complexity index is 4480. The summed E-state index contributed by atoms with van der Waals surface area (Å²) in [6.07, 6.45) is 0. The molecule has 13 aromatic rings. The van der Waals surface area contributed by atoms with Crippen molar-refractivity contribution in [3.05, 3.63) is 282 Å². The maximum atomic E-state index is 7.15. The minimum atomic E-state index is -0.523. The maximum Gasteiger partial charge on any atom is 0.143 e. The summed E-state index contributed by atoms with van der Waals surface area (Å²) in [5.74, 6) is 0. The van der Waals surface area contributed by atoms with Crippen LogP contribution in [0.2, 0.25) is 0 Å². The molecule has 0 atom stereocenters. The van der Waals surface area contributed by atoms with E-state index in [1.807, 2.05) is 0 Å². The summed E-state index contributed by atoms with van der Waals surface area (Å²) in [5.41, 5.74) is 24.6. The fraction of sp³-hybridized carbons (Fsp3) is 0.0556. The number of rotatable bonds is 5. The molecule has 0 amide bonds. The molecule has 1 spiro atoms. The molecule has 0 unspecified atom stereocenters. The zero-order valence-electron chi connectivity index (χ0n) is 41.0. The van der Waals surface area contributed by atoms with Gasteiger partial charge in [-0.3, -0.25) is 0 Å². The highest BCUT2D eigenvalue weighted by Crippen LogP contribution is 2.64. The fourth-order valence-corrected chi connectivity index (χ4v) is 13.8. The van der Waals surface area contributed by atoms with Gasteiger partial charge in [-0.05, 0) is 148 Å². The normalized spacial score (nSPS) is 14.0. The van der Waals surface area contributed by atoms with Gasteiger partial charge in [0.25, 0.3) is 0 Å². The third-order valence-corrected chi connectivity index (χ3v) is 17.1. The molecule has 0 N–H and O–H groups in total. The molecule has 2 nitrogen and oxygen atoms in total. The van der Waals surface area contributed by atoms with E-state index >= 15 is 0 Å². The summed E-state index contributed by atoms with van der Waals surface area (Å²) < 4.78 is 7.15. The second-order valence-electron chi connectivity index (χ2n) is 21.1. The minimum Gasteiger partial charge on any atom is -0.455 e. The summed E-state index contributed by atoms with van der Waals surface area (Å²) in [6, 6.07) is 93.0. The van der Waals surface area contributed by atoms with Crippen molar-refractivity contribution in [2.24, 2.45) is 0 Å². The van der Waals surface area contributed by atoms with Gasteiger partial charge in [0, 0.05) is 33.1 Å². The molecule has 74 heavy (non-hydrogen) atoms. The molecular formula is C72H47NO. The number of hydrogen-bond acceptors (Lipinski definition) is 2. The molecule has 2 heteroatoms. The molecule has 0 radical (unpaired) electrons. The highest BCUT2D eigenvalue weighted by atomic mass is 16.3. The standard InChI is InChI=1S/C72H47NO/c1-71(2)61-29-11-7-24-54(61)58-37-34-48(42-65(58)71)73(49-35-38-59-57-27-10-14-32-64(57)72(66(59)43-49)62-30-12-8-25-55(62)56-26-9-13-31-63(56)72)69-52(39-40-67-68(69)60-36-33-45-18-4-6-23-53(45)70(60)74-67)47-21-15-20-46(41-47)51-28-16-19-44-17-3-5-22-50(44)51/h3-43H,1-2H3. The van der Waals surface area contributed by atoms with Crippen molar-refractivity contribution in [2.45, 2.75) is 24.7 Å². The lowest BCUT2D eigenvalue weighted by Crippen LogP contribution is -2.26. The van der Waals surface area contributed by atoms with Crippen LogP contribution in [0.5, 0.6) is 0 Å².